The van der Waals surface area contributed by atoms with Crippen LogP contribution in [0.5, 0.6) is 5.75 Å². The molecule has 29 heavy (non-hydrogen) atoms. The van der Waals surface area contributed by atoms with Gasteiger partial charge in [0.1, 0.15) is 5.75 Å². The third-order valence-corrected chi connectivity index (χ3v) is 5.40. The van der Waals surface area contributed by atoms with Gasteiger partial charge in [0.25, 0.3) is 5.91 Å². The van der Waals surface area contributed by atoms with Crippen LogP contribution in [-0.2, 0) is 4.79 Å². The molecule has 158 valence electrons. The van der Waals surface area contributed by atoms with Crippen LogP contribution < -0.4 is 10.1 Å². The lowest BCUT2D eigenvalue weighted by atomic mass is 10.0. The maximum Gasteiger partial charge on any atom is 0.258 e. The number of likely N-dealkylation sites (tertiary alicyclic amines) is 1. The summed E-state index contributed by atoms with van der Waals surface area (Å²) in [5, 5.41) is 3.09. The molecule has 0 aliphatic carbocycles. The molecule has 1 fully saturated rings. The fourth-order valence-electron chi connectivity index (χ4n) is 3.77. The van der Waals surface area contributed by atoms with Crippen LogP contribution in [0.2, 0.25) is 0 Å². The van der Waals surface area contributed by atoms with Gasteiger partial charge in [0.05, 0.1) is 6.04 Å². The van der Waals surface area contributed by atoms with Crippen molar-refractivity contribution < 1.29 is 9.53 Å². The van der Waals surface area contributed by atoms with Crippen molar-refractivity contribution in [3.05, 3.63) is 65.2 Å². The second-order valence-electron chi connectivity index (χ2n) is 7.79. The van der Waals surface area contributed by atoms with Gasteiger partial charge in [-0.1, -0.05) is 54.8 Å². The number of nitrogens with zero attached hydrogens (tertiary/aromatic N) is 1. The first-order valence-corrected chi connectivity index (χ1v) is 10.4. The molecule has 3 rings (SSSR count). The summed E-state index contributed by atoms with van der Waals surface area (Å²) in [7, 11) is 0. The Bertz CT molecular complexity index is 756. The van der Waals surface area contributed by atoms with E-state index in [1.807, 2.05) is 31.2 Å². The van der Waals surface area contributed by atoms with E-state index in [-0.39, 0.29) is 31.0 Å². The van der Waals surface area contributed by atoms with Gasteiger partial charge in [-0.2, -0.15) is 0 Å². The zero-order valence-corrected chi connectivity index (χ0v) is 18.3. The lowest BCUT2D eigenvalue weighted by Gasteiger charge is -2.31. The number of hydrogen-bond donors (Lipinski definition) is 1. The second kappa shape index (κ2) is 11.8. The highest BCUT2D eigenvalue weighted by Gasteiger charge is 2.22. The maximum absolute atomic E-state index is 12.4. The SMILES string of the molecule is Cc1ccc(C(CNC(=O)COc2cccc(C)c2)N2CCCCCC2)cc1.Cl. The molecule has 1 amide bonds. The van der Waals surface area contributed by atoms with Gasteiger partial charge in [0, 0.05) is 6.54 Å². The molecule has 1 saturated heterocycles. The number of hydrogen-bond acceptors (Lipinski definition) is 3. The van der Waals surface area contributed by atoms with Crippen LogP contribution in [0.3, 0.4) is 0 Å². The number of ether oxygens (including phenoxy) is 1. The van der Waals surface area contributed by atoms with E-state index in [0.717, 1.165) is 24.4 Å². The fourth-order valence-corrected chi connectivity index (χ4v) is 3.77. The third kappa shape index (κ3) is 7.37. The minimum Gasteiger partial charge on any atom is -0.484 e. The summed E-state index contributed by atoms with van der Waals surface area (Å²) < 4.78 is 5.64. The van der Waals surface area contributed by atoms with Gasteiger partial charge in [0.15, 0.2) is 6.61 Å². The number of rotatable bonds is 7. The van der Waals surface area contributed by atoms with Crippen molar-refractivity contribution >= 4 is 18.3 Å². The minimum absolute atomic E-state index is 0. The molecule has 1 aliphatic heterocycles. The van der Waals surface area contributed by atoms with E-state index in [2.05, 4.69) is 41.4 Å². The highest BCUT2D eigenvalue weighted by Crippen LogP contribution is 2.24. The molecule has 1 unspecified atom stereocenters. The third-order valence-electron chi connectivity index (χ3n) is 5.40. The van der Waals surface area contributed by atoms with Crippen molar-refractivity contribution in [2.75, 3.05) is 26.2 Å². The van der Waals surface area contributed by atoms with Crippen LogP contribution in [0.25, 0.3) is 0 Å². The summed E-state index contributed by atoms with van der Waals surface area (Å²) in [6.45, 7) is 6.96. The molecule has 1 N–H and O–H groups in total. The van der Waals surface area contributed by atoms with E-state index in [1.54, 1.807) is 0 Å². The van der Waals surface area contributed by atoms with Gasteiger partial charge in [0.2, 0.25) is 0 Å². The standard InChI is InChI=1S/C24H32N2O2.ClH/c1-19-10-12-21(13-11-19)23(26-14-5-3-4-6-15-26)17-25-24(27)18-28-22-9-7-8-20(2)16-22;/h7-13,16,23H,3-6,14-15,17-18H2,1-2H3,(H,25,27);1H. The van der Waals surface area contributed by atoms with Crippen LogP contribution in [0.15, 0.2) is 48.5 Å². The fraction of sp³-hybridized carbons (Fsp3) is 0.458. The van der Waals surface area contributed by atoms with Gasteiger partial charge in [-0.3, -0.25) is 9.69 Å². The maximum atomic E-state index is 12.4. The summed E-state index contributed by atoms with van der Waals surface area (Å²) in [6.07, 6.45) is 5.06. The highest BCUT2D eigenvalue weighted by atomic mass is 35.5. The van der Waals surface area contributed by atoms with Crippen LogP contribution in [0.1, 0.15) is 48.4 Å². The lowest BCUT2D eigenvalue weighted by Crippen LogP contribution is -2.40. The van der Waals surface area contributed by atoms with Crippen LogP contribution in [0.4, 0.5) is 0 Å². The van der Waals surface area contributed by atoms with Crippen LogP contribution >= 0.6 is 12.4 Å². The molecule has 1 aliphatic rings. The number of amides is 1. The normalized spacial score (nSPS) is 15.7. The Labute approximate surface area is 181 Å². The number of carbonyl (C=O) groups excluding carboxylic acids is 1. The Hall–Kier alpha value is -2.04. The van der Waals surface area contributed by atoms with Gasteiger partial charge < -0.3 is 10.1 Å². The van der Waals surface area contributed by atoms with Crippen LogP contribution in [0, 0.1) is 13.8 Å². The van der Waals surface area contributed by atoms with E-state index in [1.165, 1.54) is 36.8 Å². The van der Waals surface area contributed by atoms with Crippen molar-refractivity contribution in [1.82, 2.24) is 10.2 Å². The Kier molecular flexibility index (Phi) is 9.49. The zero-order chi connectivity index (χ0) is 19.8. The first-order valence-electron chi connectivity index (χ1n) is 10.4. The number of benzene rings is 2. The summed E-state index contributed by atoms with van der Waals surface area (Å²) in [6, 6.07) is 16.7. The smallest absolute Gasteiger partial charge is 0.258 e. The molecule has 2 aromatic carbocycles. The van der Waals surface area contributed by atoms with E-state index < -0.39 is 0 Å². The van der Waals surface area contributed by atoms with Crippen molar-refractivity contribution in [3.63, 3.8) is 0 Å². The molecule has 2 aromatic rings. The molecular weight excluding hydrogens is 384 g/mol. The van der Waals surface area contributed by atoms with E-state index in [0.29, 0.717) is 6.54 Å². The topological polar surface area (TPSA) is 41.6 Å². The Morgan fingerprint density at radius 3 is 2.34 bits per heavy atom. The van der Waals surface area contributed by atoms with Gasteiger partial charge in [-0.25, -0.2) is 0 Å². The average molecular weight is 417 g/mol. The molecule has 1 atom stereocenters. The van der Waals surface area contributed by atoms with Gasteiger partial charge >= 0.3 is 0 Å². The molecule has 5 heteroatoms. The number of halogens is 1. The highest BCUT2D eigenvalue weighted by molar-refractivity contribution is 5.85. The quantitative estimate of drug-likeness (QED) is 0.702. The molecule has 0 bridgehead atoms. The number of aryl methyl sites for hydroxylation is 2. The summed E-state index contributed by atoms with van der Waals surface area (Å²) in [5.74, 6) is 0.659. The van der Waals surface area contributed by atoms with Crippen LogP contribution in [-0.4, -0.2) is 37.0 Å². The molecule has 0 aromatic heterocycles. The number of nitrogens with one attached hydrogen (secondary N) is 1. The van der Waals surface area contributed by atoms with Gasteiger partial charge in [-0.15, -0.1) is 12.4 Å². The second-order valence-corrected chi connectivity index (χ2v) is 7.79. The van der Waals surface area contributed by atoms with E-state index in [9.17, 15) is 4.79 Å². The molecular formula is C24H33ClN2O2. The predicted octanol–water partition coefficient (Wildman–Crippen LogP) is 4.84. The molecule has 1 heterocycles. The molecule has 0 radical (unpaired) electrons. The van der Waals surface area contributed by atoms with E-state index >= 15 is 0 Å². The van der Waals surface area contributed by atoms with E-state index in [4.69, 9.17) is 4.74 Å². The van der Waals surface area contributed by atoms with Crippen molar-refractivity contribution in [1.29, 1.82) is 0 Å². The molecule has 0 spiro atoms. The largest absolute Gasteiger partial charge is 0.484 e. The Morgan fingerprint density at radius 2 is 1.69 bits per heavy atom. The molecule has 4 nitrogen and oxygen atoms in total. The minimum atomic E-state index is -0.0755. The van der Waals surface area contributed by atoms with Crippen molar-refractivity contribution in [2.45, 2.75) is 45.6 Å². The average Bonchev–Trinajstić information content (AvgIpc) is 2.97. The summed E-state index contributed by atoms with van der Waals surface area (Å²) in [4.78, 5) is 14.9. The first-order chi connectivity index (χ1) is 13.6. The molecule has 0 saturated carbocycles. The van der Waals surface area contributed by atoms with Gasteiger partial charge in [-0.05, 0) is 63.0 Å². The Balaban J connectivity index is 0.00000300. The first kappa shape index (κ1) is 23.2. The Morgan fingerprint density at radius 1 is 1.00 bits per heavy atom. The lowest BCUT2D eigenvalue weighted by molar-refractivity contribution is -0.123. The number of carbonyl (C=O) groups is 1. The summed E-state index contributed by atoms with van der Waals surface area (Å²) in [5.41, 5.74) is 3.65. The van der Waals surface area contributed by atoms with Crippen molar-refractivity contribution in [2.24, 2.45) is 0 Å². The monoisotopic (exact) mass is 416 g/mol. The summed E-state index contributed by atoms with van der Waals surface area (Å²) >= 11 is 0. The predicted molar refractivity (Wildman–Crippen MR) is 121 cm³/mol. The zero-order valence-electron chi connectivity index (χ0n) is 17.5. The van der Waals surface area contributed by atoms with Crippen molar-refractivity contribution in [3.8, 4) is 5.75 Å².